The van der Waals surface area contributed by atoms with E-state index in [4.69, 9.17) is 4.84 Å². The van der Waals surface area contributed by atoms with Crippen LogP contribution in [0.4, 0.5) is 11.4 Å². The molecule has 1 aliphatic rings. The summed E-state index contributed by atoms with van der Waals surface area (Å²) in [4.78, 5) is 31.3. The van der Waals surface area contributed by atoms with Crippen molar-refractivity contribution < 1.29 is 14.4 Å². The summed E-state index contributed by atoms with van der Waals surface area (Å²) < 4.78 is 0. The van der Waals surface area contributed by atoms with Crippen LogP contribution in [-0.2, 0) is 14.4 Å². The van der Waals surface area contributed by atoms with Gasteiger partial charge in [0.2, 0.25) is 0 Å². The molecule has 2 aromatic rings. The summed E-state index contributed by atoms with van der Waals surface area (Å²) in [6.07, 6.45) is 0. The van der Waals surface area contributed by atoms with Crippen LogP contribution in [0.3, 0.4) is 0 Å². The second kappa shape index (κ2) is 5.92. The average molecular weight is 322 g/mol. The molecule has 5 heteroatoms. The Morgan fingerprint density at radius 1 is 1.00 bits per heavy atom. The molecule has 0 unspecified atom stereocenters. The van der Waals surface area contributed by atoms with Gasteiger partial charge in [-0.05, 0) is 39.0 Å². The molecule has 0 bridgehead atoms. The van der Waals surface area contributed by atoms with E-state index in [0.29, 0.717) is 5.56 Å². The fourth-order valence-electron chi connectivity index (χ4n) is 2.35. The fourth-order valence-corrected chi connectivity index (χ4v) is 2.35. The van der Waals surface area contributed by atoms with E-state index in [1.54, 1.807) is 31.7 Å². The molecule has 1 heterocycles. The third-order valence-electron chi connectivity index (χ3n) is 3.65. The lowest BCUT2D eigenvalue weighted by Gasteiger charge is -2.16. The molecule has 122 valence electrons. The van der Waals surface area contributed by atoms with Gasteiger partial charge < -0.3 is 4.84 Å². The predicted octanol–water partition coefficient (Wildman–Crippen LogP) is 3.66. The molecule has 24 heavy (non-hydrogen) atoms. The Labute approximate surface area is 140 Å². The van der Waals surface area contributed by atoms with Gasteiger partial charge in [0.25, 0.3) is 5.91 Å². The summed E-state index contributed by atoms with van der Waals surface area (Å²) in [7, 11) is 0. The smallest absolute Gasteiger partial charge is 0.317 e. The minimum atomic E-state index is -0.690. The number of benzene rings is 2. The zero-order valence-corrected chi connectivity index (χ0v) is 13.8. The first-order chi connectivity index (χ1) is 11.4. The highest BCUT2D eigenvalue weighted by molar-refractivity contribution is 6.55. The van der Waals surface area contributed by atoms with Crippen molar-refractivity contribution in [2.75, 3.05) is 4.90 Å². The van der Waals surface area contributed by atoms with Crippen molar-refractivity contribution in [2.24, 2.45) is 10.6 Å². The molecule has 0 N–H and O–H groups in total. The van der Waals surface area contributed by atoms with Crippen molar-refractivity contribution in [1.29, 1.82) is 0 Å². The largest absolute Gasteiger partial charge is 0.340 e. The maximum atomic E-state index is 12.8. The van der Waals surface area contributed by atoms with Gasteiger partial charge in [-0.3, -0.25) is 9.69 Å². The number of oxime groups is 1. The molecule has 0 saturated heterocycles. The molecule has 1 amide bonds. The summed E-state index contributed by atoms with van der Waals surface area (Å²) in [5.74, 6) is -0.803. The molecule has 0 aliphatic carbocycles. The van der Waals surface area contributed by atoms with Crippen LogP contribution in [-0.4, -0.2) is 17.6 Å². The summed E-state index contributed by atoms with van der Waals surface area (Å²) in [5.41, 5.74) is 1.55. The highest BCUT2D eigenvalue weighted by atomic mass is 16.7. The number of carbonyl (C=O) groups is 2. The summed E-state index contributed by atoms with van der Waals surface area (Å²) in [6, 6.07) is 16.6. The highest BCUT2D eigenvalue weighted by Crippen LogP contribution is 2.35. The standard InChI is InChI=1S/C19H18N2O3/c1-19(2,3)18(23)24-20-16-14-11-7-8-12-15(14)21(17(16)22)13-9-5-4-6-10-13/h4-12H,1-3H3/b20-16-. The molecular weight excluding hydrogens is 304 g/mol. The average Bonchev–Trinajstić information content (AvgIpc) is 2.84. The molecule has 0 atom stereocenters. The molecule has 0 radical (unpaired) electrons. The number of para-hydroxylation sites is 2. The molecule has 5 nitrogen and oxygen atoms in total. The second-order valence-corrected chi connectivity index (χ2v) is 6.56. The van der Waals surface area contributed by atoms with E-state index in [1.165, 1.54) is 0 Å². The number of nitrogens with zero attached hydrogens (tertiary/aromatic N) is 2. The van der Waals surface area contributed by atoms with Crippen LogP contribution in [0.2, 0.25) is 0 Å². The molecule has 0 spiro atoms. The highest BCUT2D eigenvalue weighted by Gasteiger charge is 2.36. The van der Waals surface area contributed by atoms with E-state index >= 15 is 0 Å². The Hall–Kier alpha value is -2.95. The number of anilines is 2. The fraction of sp³-hybridized carbons (Fsp3) is 0.211. The van der Waals surface area contributed by atoms with Gasteiger partial charge >= 0.3 is 5.97 Å². The number of hydrogen-bond donors (Lipinski definition) is 0. The minimum absolute atomic E-state index is 0.132. The van der Waals surface area contributed by atoms with Crippen molar-refractivity contribution in [2.45, 2.75) is 20.8 Å². The summed E-state index contributed by atoms with van der Waals surface area (Å²) in [5, 5.41) is 3.86. The van der Waals surface area contributed by atoms with Crippen LogP contribution < -0.4 is 4.90 Å². The minimum Gasteiger partial charge on any atom is -0.317 e. The number of carbonyl (C=O) groups excluding carboxylic acids is 2. The topological polar surface area (TPSA) is 59.0 Å². The lowest BCUT2D eigenvalue weighted by molar-refractivity contribution is -0.152. The van der Waals surface area contributed by atoms with Gasteiger partial charge in [0.15, 0.2) is 5.71 Å². The van der Waals surface area contributed by atoms with E-state index in [9.17, 15) is 9.59 Å². The van der Waals surface area contributed by atoms with Crippen LogP contribution in [0.25, 0.3) is 0 Å². The lowest BCUT2D eigenvalue weighted by atomic mass is 9.98. The van der Waals surface area contributed by atoms with E-state index < -0.39 is 11.4 Å². The number of hydrogen-bond acceptors (Lipinski definition) is 4. The Kier molecular flexibility index (Phi) is 3.93. The normalized spacial score (nSPS) is 15.5. The second-order valence-electron chi connectivity index (χ2n) is 6.56. The maximum Gasteiger partial charge on any atom is 0.340 e. The Morgan fingerprint density at radius 2 is 1.62 bits per heavy atom. The summed E-state index contributed by atoms with van der Waals surface area (Å²) >= 11 is 0. The molecule has 3 rings (SSSR count). The van der Waals surface area contributed by atoms with E-state index in [2.05, 4.69) is 5.16 Å². The lowest BCUT2D eigenvalue weighted by Crippen LogP contribution is -2.27. The van der Waals surface area contributed by atoms with Crippen molar-refractivity contribution in [3.05, 3.63) is 60.2 Å². The van der Waals surface area contributed by atoms with Crippen LogP contribution in [0.5, 0.6) is 0 Å². The first-order valence-corrected chi connectivity index (χ1v) is 7.68. The van der Waals surface area contributed by atoms with E-state index in [1.807, 2.05) is 48.5 Å². The SMILES string of the molecule is CC(C)(C)C(=O)O/N=C1\C(=O)N(c2ccccc2)c2ccccc21. The van der Waals surface area contributed by atoms with Gasteiger partial charge in [0.1, 0.15) is 0 Å². The zero-order valence-electron chi connectivity index (χ0n) is 13.8. The van der Waals surface area contributed by atoms with Gasteiger partial charge in [-0.25, -0.2) is 4.79 Å². The van der Waals surface area contributed by atoms with Crippen LogP contribution in [0, 0.1) is 5.41 Å². The molecule has 2 aromatic carbocycles. The van der Waals surface area contributed by atoms with E-state index in [0.717, 1.165) is 11.4 Å². The van der Waals surface area contributed by atoms with Crippen molar-refractivity contribution >= 4 is 29.0 Å². The van der Waals surface area contributed by atoms with Crippen LogP contribution in [0.1, 0.15) is 26.3 Å². The summed E-state index contributed by atoms with van der Waals surface area (Å²) in [6.45, 7) is 5.20. The van der Waals surface area contributed by atoms with Crippen LogP contribution >= 0.6 is 0 Å². The molecule has 0 aromatic heterocycles. The zero-order chi connectivity index (χ0) is 17.3. The third-order valence-corrected chi connectivity index (χ3v) is 3.65. The van der Waals surface area contributed by atoms with Crippen molar-refractivity contribution in [3.8, 4) is 0 Å². The van der Waals surface area contributed by atoms with Gasteiger partial charge in [0.05, 0.1) is 11.1 Å². The first kappa shape index (κ1) is 15.9. The number of amides is 1. The number of rotatable bonds is 2. The van der Waals surface area contributed by atoms with Crippen LogP contribution in [0.15, 0.2) is 59.8 Å². The van der Waals surface area contributed by atoms with Gasteiger partial charge in [-0.2, -0.15) is 0 Å². The van der Waals surface area contributed by atoms with Crippen molar-refractivity contribution in [3.63, 3.8) is 0 Å². The van der Waals surface area contributed by atoms with Gasteiger partial charge in [-0.15, -0.1) is 0 Å². The Balaban J connectivity index is 2.01. The predicted molar refractivity (Wildman–Crippen MR) is 92.1 cm³/mol. The molecule has 0 fully saturated rings. The third kappa shape index (κ3) is 2.80. The molecular formula is C19H18N2O3. The Morgan fingerprint density at radius 3 is 2.29 bits per heavy atom. The van der Waals surface area contributed by atoms with E-state index in [-0.39, 0.29) is 11.6 Å². The molecule has 1 aliphatic heterocycles. The van der Waals surface area contributed by atoms with Gasteiger partial charge in [-0.1, -0.05) is 41.6 Å². The number of fused-ring (bicyclic) bond motifs is 1. The Bertz CT molecular complexity index is 820. The maximum absolute atomic E-state index is 12.8. The monoisotopic (exact) mass is 322 g/mol. The van der Waals surface area contributed by atoms with Gasteiger partial charge in [0, 0.05) is 11.3 Å². The quantitative estimate of drug-likeness (QED) is 0.626. The first-order valence-electron chi connectivity index (χ1n) is 7.68. The van der Waals surface area contributed by atoms with Crippen molar-refractivity contribution in [1.82, 2.24) is 0 Å². The molecule has 0 saturated carbocycles.